The fourth-order valence-corrected chi connectivity index (χ4v) is 6.05. The lowest BCUT2D eigenvalue weighted by atomic mass is 9.92. The maximum absolute atomic E-state index is 13.5. The molecular formula is C24H20N8O2S3. The number of aromatic amines is 1. The second-order valence-corrected chi connectivity index (χ2v) is 10.8. The Kier molecular flexibility index (Phi) is 6.55. The molecule has 1 amide bonds. The molecule has 0 saturated carbocycles. The van der Waals surface area contributed by atoms with Crippen molar-refractivity contribution in [2.24, 2.45) is 10.2 Å². The maximum Gasteiger partial charge on any atom is 0.301 e. The van der Waals surface area contributed by atoms with E-state index in [9.17, 15) is 9.59 Å². The van der Waals surface area contributed by atoms with Crippen molar-refractivity contribution in [2.45, 2.75) is 18.8 Å². The molecule has 13 heteroatoms. The largest absolute Gasteiger partial charge is 0.337 e. The van der Waals surface area contributed by atoms with E-state index in [-0.39, 0.29) is 23.1 Å². The molecule has 186 valence electrons. The first-order valence-corrected chi connectivity index (χ1v) is 14.2. The number of hydrogen-bond acceptors (Lipinski definition) is 10. The maximum atomic E-state index is 13.5. The van der Waals surface area contributed by atoms with Gasteiger partial charge in [0.1, 0.15) is 5.69 Å². The molecule has 0 bridgehead atoms. The van der Waals surface area contributed by atoms with E-state index in [1.54, 1.807) is 22.5 Å². The molecule has 1 aliphatic heterocycles. The summed E-state index contributed by atoms with van der Waals surface area (Å²) in [5.74, 6) is -0.0575. The van der Waals surface area contributed by atoms with E-state index < -0.39 is 0 Å². The first-order chi connectivity index (χ1) is 18.2. The number of rotatable bonds is 6. The second-order valence-electron chi connectivity index (χ2n) is 8.35. The van der Waals surface area contributed by atoms with Gasteiger partial charge in [-0.25, -0.2) is 15.0 Å². The molecule has 37 heavy (non-hydrogen) atoms. The molecule has 5 aromatic rings. The van der Waals surface area contributed by atoms with E-state index >= 15 is 0 Å². The standard InChI is InChI=1S/C24H20N8O2S3/c33-21(18-12-35-14-26-18)31-9-6-16(7-10-31)19-20(28-29-23-25-8-11-36-23)22(34)32(30-19)24-27-17(13-37-24)15-4-2-1-3-5-15/h1-5,8,11-14,16,30H,6-7,9-10H2. The Morgan fingerprint density at radius 1 is 1.05 bits per heavy atom. The molecule has 0 atom stereocenters. The average molecular weight is 549 g/mol. The van der Waals surface area contributed by atoms with Gasteiger partial charge in [-0.05, 0) is 12.8 Å². The fourth-order valence-electron chi connectivity index (χ4n) is 4.28. The predicted molar refractivity (Wildman–Crippen MR) is 144 cm³/mol. The Morgan fingerprint density at radius 3 is 2.62 bits per heavy atom. The van der Waals surface area contributed by atoms with Crippen molar-refractivity contribution in [2.75, 3.05) is 13.1 Å². The zero-order valence-electron chi connectivity index (χ0n) is 19.4. The van der Waals surface area contributed by atoms with Gasteiger partial charge in [0.25, 0.3) is 5.91 Å². The summed E-state index contributed by atoms with van der Waals surface area (Å²) >= 11 is 4.13. The van der Waals surface area contributed by atoms with Crippen LogP contribution in [0.4, 0.5) is 10.8 Å². The van der Waals surface area contributed by atoms with Gasteiger partial charge in [-0.2, -0.15) is 4.68 Å². The SMILES string of the molecule is O=C(c1cscn1)N1CCC(c2[nH]n(-c3nc(-c4ccccc4)cs3)c(=O)c2N=Nc2nccs2)CC1. The number of hydrogen-bond donors (Lipinski definition) is 1. The highest BCUT2D eigenvalue weighted by Gasteiger charge is 2.30. The van der Waals surface area contributed by atoms with Crippen molar-refractivity contribution in [1.29, 1.82) is 0 Å². The van der Waals surface area contributed by atoms with Gasteiger partial charge in [0.2, 0.25) is 10.3 Å². The molecule has 1 aliphatic rings. The van der Waals surface area contributed by atoms with E-state index in [0.717, 1.165) is 11.3 Å². The number of azo groups is 1. The highest BCUT2D eigenvalue weighted by molar-refractivity contribution is 7.13. The van der Waals surface area contributed by atoms with Gasteiger partial charge in [0.15, 0.2) is 5.69 Å². The molecule has 10 nitrogen and oxygen atoms in total. The Balaban J connectivity index is 1.31. The number of nitrogens with one attached hydrogen (secondary N) is 1. The molecule has 6 rings (SSSR count). The van der Waals surface area contributed by atoms with Crippen LogP contribution in [0.15, 0.2) is 73.2 Å². The number of piperidine rings is 1. The van der Waals surface area contributed by atoms with E-state index in [0.29, 0.717) is 47.6 Å². The third-order valence-electron chi connectivity index (χ3n) is 6.14. The zero-order chi connectivity index (χ0) is 25.2. The summed E-state index contributed by atoms with van der Waals surface area (Å²) in [4.78, 5) is 41.0. The first-order valence-electron chi connectivity index (χ1n) is 11.5. The normalized spacial score (nSPS) is 14.5. The summed E-state index contributed by atoms with van der Waals surface area (Å²) in [5, 5.41) is 18.3. The van der Waals surface area contributed by atoms with E-state index in [1.807, 2.05) is 40.6 Å². The van der Waals surface area contributed by atoms with Crippen LogP contribution in [0, 0.1) is 0 Å². The highest BCUT2D eigenvalue weighted by atomic mass is 32.1. The number of carbonyl (C=O) groups is 1. The summed E-state index contributed by atoms with van der Waals surface area (Å²) in [7, 11) is 0. The molecule has 0 radical (unpaired) electrons. The average Bonchev–Trinajstić information content (AvgIpc) is 3.75. The number of nitrogens with zero attached hydrogens (tertiary/aromatic N) is 7. The molecule has 0 spiro atoms. The van der Waals surface area contributed by atoms with Crippen molar-refractivity contribution in [3.8, 4) is 16.4 Å². The summed E-state index contributed by atoms with van der Waals surface area (Å²) < 4.78 is 1.44. The lowest BCUT2D eigenvalue weighted by molar-refractivity contribution is 0.0707. The number of likely N-dealkylation sites (tertiary alicyclic amines) is 1. The monoisotopic (exact) mass is 548 g/mol. The van der Waals surface area contributed by atoms with Crippen LogP contribution in [0.25, 0.3) is 16.4 Å². The van der Waals surface area contributed by atoms with Crippen molar-refractivity contribution in [1.82, 2.24) is 29.6 Å². The van der Waals surface area contributed by atoms with E-state index in [1.165, 1.54) is 38.7 Å². The van der Waals surface area contributed by atoms with Crippen LogP contribution in [0.5, 0.6) is 0 Å². The third-order valence-corrected chi connectivity index (χ3v) is 8.21. The Bertz CT molecular complexity index is 1580. The quantitative estimate of drug-likeness (QED) is 0.275. The Hall–Kier alpha value is -3.81. The van der Waals surface area contributed by atoms with Crippen LogP contribution >= 0.6 is 34.0 Å². The Morgan fingerprint density at radius 2 is 1.89 bits per heavy atom. The van der Waals surface area contributed by atoms with E-state index in [4.69, 9.17) is 4.98 Å². The summed E-state index contributed by atoms with van der Waals surface area (Å²) in [6.07, 6.45) is 3.01. The minimum absolute atomic E-state index is 0.00670. The fraction of sp³-hybridized carbons (Fsp3) is 0.208. The van der Waals surface area contributed by atoms with Crippen LogP contribution in [-0.2, 0) is 0 Å². The van der Waals surface area contributed by atoms with Gasteiger partial charge in [-0.1, -0.05) is 30.3 Å². The third kappa shape index (κ3) is 4.80. The van der Waals surface area contributed by atoms with Crippen molar-refractivity contribution in [3.05, 3.63) is 79.9 Å². The topological polar surface area (TPSA) is 121 Å². The van der Waals surface area contributed by atoms with Gasteiger partial charge >= 0.3 is 5.56 Å². The van der Waals surface area contributed by atoms with Gasteiger partial charge in [0.05, 0.1) is 16.9 Å². The van der Waals surface area contributed by atoms with Crippen molar-refractivity contribution in [3.63, 3.8) is 0 Å². The molecule has 0 unspecified atom stereocenters. The number of H-pyrrole nitrogens is 1. The van der Waals surface area contributed by atoms with Crippen LogP contribution < -0.4 is 5.56 Å². The van der Waals surface area contributed by atoms with Gasteiger partial charge in [-0.3, -0.25) is 14.7 Å². The molecule has 0 aliphatic carbocycles. The van der Waals surface area contributed by atoms with Crippen LogP contribution in [-0.4, -0.2) is 48.6 Å². The predicted octanol–water partition coefficient (Wildman–Crippen LogP) is 5.64. The number of amides is 1. The van der Waals surface area contributed by atoms with Crippen molar-refractivity contribution >= 4 is 50.7 Å². The lowest BCUT2D eigenvalue weighted by Gasteiger charge is -2.31. The molecular weight excluding hydrogens is 529 g/mol. The van der Waals surface area contributed by atoms with Crippen molar-refractivity contribution < 1.29 is 4.79 Å². The van der Waals surface area contributed by atoms with Gasteiger partial charge < -0.3 is 4.90 Å². The summed E-state index contributed by atoms with van der Waals surface area (Å²) in [6.45, 7) is 1.12. The molecule has 1 N–H and O–H groups in total. The smallest absolute Gasteiger partial charge is 0.301 e. The highest BCUT2D eigenvalue weighted by Crippen LogP contribution is 2.34. The first kappa shape index (κ1) is 23.6. The molecule has 1 saturated heterocycles. The van der Waals surface area contributed by atoms with Crippen LogP contribution in [0.1, 0.15) is 34.9 Å². The van der Waals surface area contributed by atoms with Gasteiger partial charge in [-0.15, -0.1) is 44.2 Å². The second kappa shape index (κ2) is 10.3. The number of thiazole rings is 3. The minimum atomic E-state index is -0.315. The number of benzene rings is 1. The van der Waals surface area contributed by atoms with Gasteiger partial charge in [0, 0.05) is 46.9 Å². The van der Waals surface area contributed by atoms with Crippen LogP contribution in [0.2, 0.25) is 0 Å². The van der Waals surface area contributed by atoms with Crippen LogP contribution in [0.3, 0.4) is 0 Å². The lowest BCUT2D eigenvalue weighted by Crippen LogP contribution is -2.38. The summed E-state index contributed by atoms with van der Waals surface area (Å²) in [5.41, 5.74) is 4.53. The molecule has 5 heterocycles. The number of carbonyl (C=O) groups excluding carboxylic acids is 1. The molecule has 1 aromatic carbocycles. The zero-order valence-corrected chi connectivity index (χ0v) is 21.8. The Labute approximate surface area is 223 Å². The number of aromatic nitrogens is 5. The molecule has 1 fully saturated rings. The van der Waals surface area contributed by atoms with E-state index in [2.05, 4.69) is 25.3 Å². The summed E-state index contributed by atoms with van der Waals surface area (Å²) in [6, 6.07) is 9.83. The minimum Gasteiger partial charge on any atom is -0.337 e. The molecule has 4 aromatic heterocycles.